The van der Waals surface area contributed by atoms with Crippen molar-refractivity contribution < 1.29 is 14.7 Å². The van der Waals surface area contributed by atoms with E-state index in [0.717, 1.165) is 4.90 Å². The maximum atomic E-state index is 11.3. The fourth-order valence-electron chi connectivity index (χ4n) is 0.638. The molecule has 0 aliphatic rings. The Morgan fingerprint density at radius 1 is 1.64 bits per heavy atom. The summed E-state index contributed by atoms with van der Waals surface area (Å²) in [6, 6.07) is -1.29. The predicted octanol–water partition coefficient (Wildman–Crippen LogP) is 1.01. The summed E-state index contributed by atoms with van der Waals surface area (Å²) < 4.78 is 0.627. The molecule has 0 aromatic carbocycles. The van der Waals surface area contributed by atoms with Crippen LogP contribution in [-0.2, 0) is 4.79 Å². The van der Waals surface area contributed by atoms with Crippen LogP contribution in [0.2, 0.25) is 0 Å². The van der Waals surface area contributed by atoms with Crippen LogP contribution in [-0.4, -0.2) is 41.6 Å². The van der Waals surface area contributed by atoms with Crippen molar-refractivity contribution in [2.24, 2.45) is 0 Å². The monoisotopic (exact) mass is 264 g/mol. The fourth-order valence-corrected chi connectivity index (χ4v) is 0.778. The standard InChI is InChI=1S/C8H13BrN2O3/c1-5(9)4-10-8(14)11(3)6(2)7(12)13/h6H,1,4H2,2-3H3,(H,10,14)(H,12,13). The summed E-state index contributed by atoms with van der Waals surface area (Å²) >= 11 is 3.07. The number of carboxylic acid groups (broad SMARTS) is 1. The normalized spacial score (nSPS) is 11.6. The molecule has 0 fully saturated rings. The van der Waals surface area contributed by atoms with E-state index in [9.17, 15) is 9.59 Å². The molecule has 0 radical (unpaired) electrons. The quantitative estimate of drug-likeness (QED) is 0.797. The molecule has 2 amide bonds. The Labute approximate surface area is 90.9 Å². The first-order valence-corrected chi connectivity index (χ1v) is 4.72. The van der Waals surface area contributed by atoms with Gasteiger partial charge in [0.1, 0.15) is 6.04 Å². The molecule has 1 unspecified atom stereocenters. The van der Waals surface area contributed by atoms with Crippen molar-refractivity contribution in [2.45, 2.75) is 13.0 Å². The molecule has 0 rings (SSSR count). The van der Waals surface area contributed by atoms with Gasteiger partial charge < -0.3 is 15.3 Å². The van der Waals surface area contributed by atoms with E-state index in [1.807, 2.05) is 0 Å². The largest absolute Gasteiger partial charge is 0.480 e. The van der Waals surface area contributed by atoms with Gasteiger partial charge in [0.05, 0.1) is 6.54 Å². The summed E-state index contributed by atoms with van der Waals surface area (Å²) in [7, 11) is 1.42. The highest BCUT2D eigenvalue weighted by Gasteiger charge is 2.20. The predicted molar refractivity (Wildman–Crippen MR) is 56.3 cm³/mol. The summed E-state index contributed by atoms with van der Waals surface area (Å²) in [5.41, 5.74) is 0. The molecule has 0 saturated carbocycles. The highest BCUT2D eigenvalue weighted by atomic mass is 79.9. The average molecular weight is 265 g/mol. The van der Waals surface area contributed by atoms with Crippen molar-refractivity contribution in [3.8, 4) is 0 Å². The van der Waals surface area contributed by atoms with Crippen molar-refractivity contribution in [3.05, 3.63) is 11.1 Å². The molecule has 0 aromatic heterocycles. The van der Waals surface area contributed by atoms with Crippen LogP contribution < -0.4 is 5.32 Å². The van der Waals surface area contributed by atoms with Gasteiger partial charge in [-0.05, 0) is 6.92 Å². The van der Waals surface area contributed by atoms with Crippen molar-refractivity contribution >= 4 is 27.9 Å². The van der Waals surface area contributed by atoms with E-state index in [4.69, 9.17) is 5.11 Å². The zero-order valence-corrected chi connectivity index (χ0v) is 9.67. The maximum Gasteiger partial charge on any atom is 0.326 e. The minimum absolute atomic E-state index is 0.273. The van der Waals surface area contributed by atoms with E-state index in [1.165, 1.54) is 14.0 Å². The van der Waals surface area contributed by atoms with Crippen LogP contribution in [0, 0.1) is 0 Å². The van der Waals surface area contributed by atoms with Crippen LogP contribution in [0.5, 0.6) is 0 Å². The van der Waals surface area contributed by atoms with Crippen LogP contribution >= 0.6 is 15.9 Å². The van der Waals surface area contributed by atoms with Crippen LogP contribution in [0.25, 0.3) is 0 Å². The van der Waals surface area contributed by atoms with E-state index >= 15 is 0 Å². The molecule has 5 nitrogen and oxygen atoms in total. The molecular weight excluding hydrogens is 252 g/mol. The van der Waals surface area contributed by atoms with Crippen LogP contribution in [0.4, 0.5) is 4.79 Å². The van der Waals surface area contributed by atoms with Crippen LogP contribution in [0.1, 0.15) is 6.92 Å². The molecule has 2 N–H and O–H groups in total. The average Bonchev–Trinajstić information content (AvgIpc) is 2.11. The second-order valence-corrected chi connectivity index (χ2v) is 3.92. The van der Waals surface area contributed by atoms with Gasteiger partial charge in [0, 0.05) is 11.5 Å². The number of carbonyl (C=O) groups is 2. The summed E-state index contributed by atoms with van der Waals surface area (Å²) in [4.78, 5) is 22.9. The minimum Gasteiger partial charge on any atom is -0.480 e. The second kappa shape index (κ2) is 5.64. The van der Waals surface area contributed by atoms with Crippen LogP contribution in [0.15, 0.2) is 11.1 Å². The minimum atomic E-state index is -1.04. The van der Waals surface area contributed by atoms with Gasteiger partial charge in [0.25, 0.3) is 0 Å². The lowest BCUT2D eigenvalue weighted by molar-refractivity contribution is -0.141. The maximum absolute atomic E-state index is 11.3. The Morgan fingerprint density at radius 2 is 2.14 bits per heavy atom. The number of carboxylic acids is 1. The van der Waals surface area contributed by atoms with Gasteiger partial charge in [0.2, 0.25) is 0 Å². The topological polar surface area (TPSA) is 69.6 Å². The lowest BCUT2D eigenvalue weighted by Gasteiger charge is -2.21. The SMILES string of the molecule is C=C(Br)CNC(=O)N(C)C(C)C(=O)O. The number of nitrogens with one attached hydrogen (secondary N) is 1. The van der Waals surface area contributed by atoms with E-state index in [2.05, 4.69) is 27.8 Å². The van der Waals surface area contributed by atoms with Gasteiger partial charge in [-0.3, -0.25) is 0 Å². The van der Waals surface area contributed by atoms with Crippen molar-refractivity contribution in [3.63, 3.8) is 0 Å². The number of likely N-dealkylation sites (N-methyl/N-ethyl adjacent to an activating group) is 1. The molecule has 1 atom stereocenters. The van der Waals surface area contributed by atoms with E-state index in [0.29, 0.717) is 4.48 Å². The molecule has 0 aliphatic heterocycles. The number of carbonyl (C=O) groups excluding carboxylic acids is 1. The van der Waals surface area contributed by atoms with E-state index in [1.54, 1.807) is 0 Å². The Bertz CT molecular complexity index is 255. The number of halogens is 1. The number of nitrogens with zero attached hydrogens (tertiary/aromatic N) is 1. The van der Waals surface area contributed by atoms with Gasteiger partial charge in [-0.15, -0.1) is 0 Å². The number of urea groups is 1. The first-order valence-electron chi connectivity index (χ1n) is 3.93. The molecule has 14 heavy (non-hydrogen) atoms. The van der Waals surface area contributed by atoms with Crippen molar-refractivity contribution in [2.75, 3.05) is 13.6 Å². The van der Waals surface area contributed by atoms with E-state index < -0.39 is 18.0 Å². The Balaban J connectivity index is 4.11. The molecule has 0 saturated heterocycles. The van der Waals surface area contributed by atoms with Crippen LogP contribution in [0.3, 0.4) is 0 Å². The Kier molecular flexibility index (Phi) is 5.22. The van der Waals surface area contributed by atoms with Gasteiger partial charge in [-0.1, -0.05) is 22.5 Å². The van der Waals surface area contributed by atoms with Crippen molar-refractivity contribution in [1.82, 2.24) is 10.2 Å². The summed E-state index contributed by atoms with van der Waals surface area (Å²) in [5, 5.41) is 11.1. The number of amides is 2. The zero-order valence-electron chi connectivity index (χ0n) is 8.08. The Hall–Kier alpha value is -1.04. The highest BCUT2D eigenvalue weighted by molar-refractivity contribution is 9.11. The highest BCUT2D eigenvalue weighted by Crippen LogP contribution is 1.99. The smallest absolute Gasteiger partial charge is 0.326 e. The third-order valence-electron chi connectivity index (χ3n) is 1.69. The second-order valence-electron chi connectivity index (χ2n) is 2.80. The molecule has 0 spiro atoms. The molecule has 0 aliphatic carbocycles. The lowest BCUT2D eigenvalue weighted by atomic mass is 10.3. The van der Waals surface area contributed by atoms with Gasteiger partial charge >= 0.3 is 12.0 Å². The molecule has 6 heteroatoms. The lowest BCUT2D eigenvalue weighted by Crippen LogP contribution is -2.45. The third kappa shape index (κ3) is 4.27. The number of rotatable bonds is 4. The first-order chi connectivity index (χ1) is 6.36. The number of hydrogen-bond donors (Lipinski definition) is 2. The first kappa shape index (κ1) is 13.0. The fraction of sp³-hybridized carbons (Fsp3) is 0.500. The molecule has 0 bridgehead atoms. The number of hydrogen-bond acceptors (Lipinski definition) is 2. The molecule has 0 heterocycles. The number of aliphatic carboxylic acids is 1. The van der Waals surface area contributed by atoms with Gasteiger partial charge in [-0.2, -0.15) is 0 Å². The third-order valence-corrected chi connectivity index (χ3v) is 1.97. The summed E-state index contributed by atoms with van der Waals surface area (Å²) in [5.74, 6) is -1.04. The van der Waals surface area contributed by atoms with Gasteiger partial charge in [0.15, 0.2) is 0 Å². The zero-order chi connectivity index (χ0) is 11.3. The summed E-state index contributed by atoms with van der Waals surface area (Å²) in [6.07, 6.45) is 0. The van der Waals surface area contributed by atoms with Gasteiger partial charge in [-0.25, -0.2) is 9.59 Å². The Morgan fingerprint density at radius 3 is 2.50 bits per heavy atom. The molecule has 0 aromatic rings. The van der Waals surface area contributed by atoms with Crippen molar-refractivity contribution in [1.29, 1.82) is 0 Å². The van der Waals surface area contributed by atoms with E-state index in [-0.39, 0.29) is 6.54 Å². The summed E-state index contributed by atoms with van der Waals surface area (Å²) in [6.45, 7) is 5.24. The molecule has 80 valence electrons. The molecular formula is C8H13BrN2O3.